The number of amides is 1. The Morgan fingerprint density at radius 1 is 1.12 bits per heavy atom. The Labute approximate surface area is 149 Å². The van der Waals surface area contributed by atoms with Crippen LogP contribution in [0.2, 0.25) is 5.02 Å². The SMILES string of the molecule is COC(=O)CCN(Cc1ccccc1Cl)C(=O)c1ccc(F)c(F)c1. The van der Waals surface area contributed by atoms with Crippen LogP contribution in [0.25, 0.3) is 0 Å². The van der Waals surface area contributed by atoms with Gasteiger partial charge in [-0.2, -0.15) is 0 Å². The van der Waals surface area contributed by atoms with E-state index in [1.54, 1.807) is 24.3 Å². The zero-order valence-electron chi connectivity index (χ0n) is 13.5. The molecule has 7 heteroatoms. The fraction of sp³-hybridized carbons (Fsp3) is 0.222. The van der Waals surface area contributed by atoms with Crippen molar-refractivity contribution in [3.05, 3.63) is 70.2 Å². The number of hydrogen-bond donors (Lipinski definition) is 0. The van der Waals surface area contributed by atoms with Crippen LogP contribution in [-0.2, 0) is 16.1 Å². The zero-order chi connectivity index (χ0) is 18.4. The summed E-state index contributed by atoms with van der Waals surface area (Å²) in [6, 6.07) is 9.84. The van der Waals surface area contributed by atoms with E-state index in [9.17, 15) is 18.4 Å². The van der Waals surface area contributed by atoms with E-state index in [2.05, 4.69) is 4.74 Å². The van der Waals surface area contributed by atoms with Gasteiger partial charge in [0.1, 0.15) is 0 Å². The Morgan fingerprint density at radius 2 is 1.84 bits per heavy atom. The fourth-order valence-corrected chi connectivity index (χ4v) is 2.42. The molecule has 2 rings (SSSR count). The molecule has 4 nitrogen and oxygen atoms in total. The minimum Gasteiger partial charge on any atom is -0.469 e. The lowest BCUT2D eigenvalue weighted by atomic mass is 10.1. The molecule has 0 fully saturated rings. The number of carbonyl (C=O) groups excluding carboxylic acids is 2. The Morgan fingerprint density at radius 3 is 2.48 bits per heavy atom. The topological polar surface area (TPSA) is 46.6 Å². The van der Waals surface area contributed by atoms with Crippen molar-refractivity contribution in [2.24, 2.45) is 0 Å². The summed E-state index contributed by atoms with van der Waals surface area (Å²) in [6.07, 6.45) is -0.0314. The van der Waals surface area contributed by atoms with Gasteiger partial charge in [-0.15, -0.1) is 0 Å². The van der Waals surface area contributed by atoms with E-state index in [1.165, 1.54) is 18.1 Å². The molecule has 0 aliphatic rings. The normalized spacial score (nSPS) is 10.4. The molecule has 1 amide bonds. The summed E-state index contributed by atoms with van der Waals surface area (Å²) in [5.41, 5.74) is 0.654. The third-order valence-corrected chi connectivity index (χ3v) is 3.96. The quantitative estimate of drug-likeness (QED) is 0.729. The summed E-state index contributed by atoms with van der Waals surface area (Å²) in [6.45, 7) is 0.171. The lowest BCUT2D eigenvalue weighted by Crippen LogP contribution is -2.33. The molecule has 0 saturated carbocycles. The average Bonchev–Trinajstić information content (AvgIpc) is 2.61. The largest absolute Gasteiger partial charge is 0.469 e. The van der Waals surface area contributed by atoms with Crippen LogP contribution in [-0.4, -0.2) is 30.4 Å². The van der Waals surface area contributed by atoms with Crippen LogP contribution in [0.5, 0.6) is 0 Å². The third kappa shape index (κ3) is 5.00. The highest BCUT2D eigenvalue weighted by molar-refractivity contribution is 6.31. The molecule has 2 aromatic rings. The van der Waals surface area contributed by atoms with Crippen molar-refractivity contribution in [1.29, 1.82) is 0 Å². The van der Waals surface area contributed by atoms with Crippen LogP contribution in [0.3, 0.4) is 0 Å². The van der Waals surface area contributed by atoms with Crippen molar-refractivity contribution in [3.8, 4) is 0 Å². The molecule has 0 bridgehead atoms. The molecular formula is C18H16ClF2NO3. The molecule has 0 saturated heterocycles. The number of ether oxygens (including phenoxy) is 1. The first-order valence-electron chi connectivity index (χ1n) is 7.47. The van der Waals surface area contributed by atoms with Crippen molar-refractivity contribution in [2.45, 2.75) is 13.0 Å². The van der Waals surface area contributed by atoms with Gasteiger partial charge in [0.05, 0.1) is 13.5 Å². The Bertz CT molecular complexity index is 783. The molecule has 0 unspecified atom stereocenters. The van der Waals surface area contributed by atoms with Gasteiger partial charge in [-0.1, -0.05) is 29.8 Å². The molecule has 0 N–H and O–H groups in total. The lowest BCUT2D eigenvalue weighted by molar-refractivity contribution is -0.140. The minimum atomic E-state index is -1.11. The molecule has 0 radical (unpaired) electrons. The summed E-state index contributed by atoms with van der Waals surface area (Å²) >= 11 is 6.12. The van der Waals surface area contributed by atoms with Crippen LogP contribution in [0.15, 0.2) is 42.5 Å². The molecule has 25 heavy (non-hydrogen) atoms. The summed E-state index contributed by atoms with van der Waals surface area (Å²) in [4.78, 5) is 25.4. The number of carbonyl (C=O) groups is 2. The van der Waals surface area contributed by atoms with Crippen LogP contribution in [0.1, 0.15) is 22.3 Å². The minimum absolute atomic E-state index is 0.0178. The third-order valence-electron chi connectivity index (χ3n) is 3.59. The lowest BCUT2D eigenvalue weighted by Gasteiger charge is -2.23. The summed E-state index contributed by atoms with van der Waals surface area (Å²) in [7, 11) is 1.25. The number of halogens is 3. The molecule has 0 atom stereocenters. The van der Waals surface area contributed by atoms with Crippen LogP contribution in [0.4, 0.5) is 8.78 Å². The standard InChI is InChI=1S/C18H16ClF2NO3/c1-25-17(23)8-9-22(11-13-4-2-3-5-14(13)19)18(24)12-6-7-15(20)16(21)10-12/h2-7,10H,8-9,11H2,1H3. The van der Waals surface area contributed by atoms with Gasteiger partial charge in [-0.25, -0.2) is 8.78 Å². The van der Waals surface area contributed by atoms with Crippen LogP contribution >= 0.6 is 11.6 Å². The molecule has 132 valence electrons. The summed E-state index contributed by atoms with van der Waals surface area (Å²) < 4.78 is 31.1. The molecule has 0 aromatic heterocycles. The number of benzene rings is 2. The second-order valence-electron chi connectivity index (χ2n) is 5.27. The van der Waals surface area contributed by atoms with E-state index in [-0.39, 0.29) is 25.1 Å². The molecule has 0 aliphatic heterocycles. The Kier molecular flexibility index (Phi) is 6.47. The van der Waals surface area contributed by atoms with Gasteiger partial charge >= 0.3 is 5.97 Å². The van der Waals surface area contributed by atoms with Gasteiger partial charge in [-0.05, 0) is 29.8 Å². The number of rotatable bonds is 6. The monoisotopic (exact) mass is 367 g/mol. The van der Waals surface area contributed by atoms with Crippen LogP contribution in [0, 0.1) is 11.6 Å². The number of hydrogen-bond acceptors (Lipinski definition) is 3. The predicted molar refractivity (Wildman–Crippen MR) is 89.2 cm³/mol. The second kappa shape index (κ2) is 8.58. The average molecular weight is 368 g/mol. The van der Waals surface area contributed by atoms with E-state index in [4.69, 9.17) is 11.6 Å². The van der Waals surface area contributed by atoms with Crippen molar-refractivity contribution in [3.63, 3.8) is 0 Å². The van der Waals surface area contributed by atoms with Gasteiger partial charge in [0.15, 0.2) is 11.6 Å². The number of nitrogens with zero attached hydrogens (tertiary/aromatic N) is 1. The Hall–Kier alpha value is -2.47. The zero-order valence-corrected chi connectivity index (χ0v) is 14.2. The summed E-state index contributed by atoms with van der Waals surface area (Å²) in [5, 5.41) is 0.462. The molecule has 0 spiro atoms. The first-order chi connectivity index (χ1) is 11.9. The van der Waals surface area contributed by atoms with E-state index < -0.39 is 23.5 Å². The molecule has 0 heterocycles. The van der Waals surface area contributed by atoms with E-state index in [1.807, 2.05) is 0 Å². The summed E-state index contributed by atoms with van der Waals surface area (Å²) in [5.74, 6) is -3.18. The fourth-order valence-electron chi connectivity index (χ4n) is 2.22. The number of methoxy groups -OCH3 is 1. The van der Waals surface area contributed by atoms with Gasteiger partial charge in [0.25, 0.3) is 5.91 Å². The highest BCUT2D eigenvalue weighted by Crippen LogP contribution is 2.19. The maximum absolute atomic E-state index is 13.4. The van der Waals surface area contributed by atoms with E-state index in [0.29, 0.717) is 10.6 Å². The van der Waals surface area contributed by atoms with Crippen LogP contribution < -0.4 is 0 Å². The van der Waals surface area contributed by atoms with Gasteiger partial charge in [0.2, 0.25) is 0 Å². The molecule has 2 aromatic carbocycles. The van der Waals surface area contributed by atoms with Gasteiger partial charge < -0.3 is 9.64 Å². The van der Waals surface area contributed by atoms with Crippen molar-refractivity contribution < 1.29 is 23.1 Å². The van der Waals surface area contributed by atoms with E-state index >= 15 is 0 Å². The maximum atomic E-state index is 13.4. The van der Waals surface area contributed by atoms with Gasteiger partial charge in [-0.3, -0.25) is 9.59 Å². The van der Waals surface area contributed by atoms with Crippen molar-refractivity contribution >= 4 is 23.5 Å². The maximum Gasteiger partial charge on any atom is 0.307 e. The smallest absolute Gasteiger partial charge is 0.307 e. The first-order valence-corrected chi connectivity index (χ1v) is 7.84. The number of esters is 1. The van der Waals surface area contributed by atoms with Gasteiger partial charge in [0, 0.05) is 23.7 Å². The first kappa shape index (κ1) is 18.9. The highest BCUT2D eigenvalue weighted by atomic mass is 35.5. The highest BCUT2D eigenvalue weighted by Gasteiger charge is 2.20. The van der Waals surface area contributed by atoms with Crippen molar-refractivity contribution in [2.75, 3.05) is 13.7 Å². The molecule has 0 aliphatic carbocycles. The second-order valence-corrected chi connectivity index (χ2v) is 5.68. The van der Waals surface area contributed by atoms with E-state index in [0.717, 1.165) is 12.1 Å². The predicted octanol–water partition coefficient (Wildman–Crippen LogP) is 3.82. The Balaban J connectivity index is 2.26. The molecular weight excluding hydrogens is 352 g/mol. The van der Waals surface area contributed by atoms with Crippen molar-refractivity contribution in [1.82, 2.24) is 4.90 Å².